The second kappa shape index (κ2) is 11.1. The lowest BCUT2D eigenvalue weighted by atomic mass is 10.2. The number of hydrogen-bond donors (Lipinski definition) is 1. The van der Waals surface area contributed by atoms with Crippen LogP contribution >= 0.6 is 15.9 Å². The first-order valence-corrected chi connectivity index (χ1v) is 9.35. The van der Waals surface area contributed by atoms with Gasteiger partial charge in [0.05, 0.1) is 7.11 Å². The molecule has 4 nitrogen and oxygen atoms in total. The van der Waals surface area contributed by atoms with E-state index in [1.54, 1.807) is 7.11 Å². The number of halogens is 1. The quantitative estimate of drug-likeness (QED) is 0.554. The molecule has 2 aromatic carbocycles. The Hall–Kier alpha value is -1.56. The van der Waals surface area contributed by atoms with Crippen molar-refractivity contribution >= 4 is 15.9 Å². The molecule has 0 aliphatic carbocycles. The first-order valence-electron chi connectivity index (χ1n) is 8.56. The minimum absolute atomic E-state index is 0.513. The highest BCUT2D eigenvalue weighted by molar-refractivity contribution is 9.10. The Bertz CT molecular complexity index is 634. The van der Waals surface area contributed by atoms with E-state index < -0.39 is 0 Å². The minimum atomic E-state index is 0.513. The van der Waals surface area contributed by atoms with E-state index in [-0.39, 0.29) is 0 Å². The second-order valence-electron chi connectivity index (χ2n) is 5.60. The van der Waals surface area contributed by atoms with Crippen molar-refractivity contribution in [3.8, 4) is 11.5 Å². The third-order valence-corrected chi connectivity index (χ3v) is 4.47. The molecule has 1 N–H and O–H groups in total. The maximum atomic E-state index is 5.93. The van der Waals surface area contributed by atoms with Gasteiger partial charge in [0.15, 0.2) is 11.5 Å². The Kier molecular flexibility index (Phi) is 8.80. The maximum Gasteiger partial charge on any atom is 0.162 e. The molecule has 0 aliphatic rings. The summed E-state index contributed by atoms with van der Waals surface area (Å²) in [6.07, 6.45) is 1.00. The van der Waals surface area contributed by atoms with Gasteiger partial charge in [0.1, 0.15) is 6.61 Å². The summed E-state index contributed by atoms with van der Waals surface area (Å²) in [5, 5.41) is 3.42. The number of hydrogen-bond acceptors (Lipinski definition) is 4. The van der Waals surface area contributed by atoms with Gasteiger partial charge in [-0.1, -0.05) is 46.3 Å². The molecule has 0 heterocycles. The molecule has 0 saturated heterocycles. The summed E-state index contributed by atoms with van der Waals surface area (Å²) in [4.78, 5) is 0. The van der Waals surface area contributed by atoms with E-state index >= 15 is 0 Å². The van der Waals surface area contributed by atoms with Crippen LogP contribution in [0.4, 0.5) is 0 Å². The Morgan fingerprint density at radius 1 is 1.08 bits per heavy atom. The van der Waals surface area contributed by atoms with Crippen LogP contribution in [0.1, 0.15) is 24.5 Å². The average molecular weight is 408 g/mol. The molecule has 0 aliphatic heterocycles. The summed E-state index contributed by atoms with van der Waals surface area (Å²) in [6.45, 7) is 5.77. The molecule has 0 fully saturated rings. The summed E-state index contributed by atoms with van der Waals surface area (Å²) in [5.41, 5.74) is 2.26. The zero-order valence-electron chi connectivity index (χ0n) is 14.9. The van der Waals surface area contributed by atoms with Crippen molar-refractivity contribution in [3.05, 3.63) is 58.1 Å². The SMILES string of the molecule is CCOCCCNCc1cc(OC)c(OCc2ccccc2)cc1Br. The molecule has 0 aromatic heterocycles. The third-order valence-electron chi connectivity index (χ3n) is 3.73. The van der Waals surface area contributed by atoms with Crippen molar-refractivity contribution in [2.45, 2.75) is 26.5 Å². The number of benzene rings is 2. The number of ether oxygens (including phenoxy) is 3. The molecule has 2 rings (SSSR count). The highest BCUT2D eigenvalue weighted by atomic mass is 79.9. The summed E-state index contributed by atoms with van der Waals surface area (Å²) in [7, 11) is 1.66. The van der Waals surface area contributed by atoms with Crippen molar-refractivity contribution < 1.29 is 14.2 Å². The van der Waals surface area contributed by atoms with E-state index in [4.69, 9.17) is 14.2 Å². The molecular weight excluding hydrogens is 382 g/mol. The number of nitrogens with one attached hydrogen (secondary N) is 1. The van der Waals surface area contributed by atoms with Gasteiger partial charge >= 0.3 is 0 Å². The fourth-order valence-electron chi connectivity index (χ4n) is 2.39. The molecule has 0 unspecified atom stereocenters. The fraction of sp³-hybridized carbons (Fsp3) is 0.400. The molecular formula is C20H26BrNO3. The van der Waals surface area contributed by atoms with Crippen LogP contribution in [-0.4, -0.2) is 26.9 Å². The van der Waals surface area contributed by atoms with Gasteiger partial charge in [0, 0.05) is 24.2 Å². The summed E-state index contributed by atoms with van der Waals surface area (Å²) < 4.78 is 17.8. The molecule has 25 heavy (non-hydrogen) atoms. The molecule has 5 heteroatoms. The van der Waals surface area contributed by atoms with Gasteiger partial charge < -0.3 is 19.5 Å². The molecule has 0 amide bonds. The smallest absolute Gasteiger partial charge is 0.162 e. The Labute approximate surface area is 158 Å². The van der Waals surface area contributed by atoms with Gasteiger partial charge in [0.2, 0.25) is 0 Å². The maximum absolute atomic E-state index is 5.93. The van der Waals surface area contributed by atoms with Gasteiger partial charge in [-0.3, -0.25) is 0 Å². The van der Waals surface area contributed by atoms with E-state index in [0.29, 0.717) is 6.61 Å². The average Bonchev–Trinajstić information content (AvgIpc) is 2.65. The molecule has 0 bridgehead atoms. The van der Waals surface area contributed by atoms with Crippen LogP contribution in [-0.2, 0) is 17.9 Å². The highest BCUT2D eigenvalue weighted by Crippen LogP contribution is 2.34. The van der Waals surface area contributed by atoms with Crippen LogP contribution in [0, 0.1) is 0 Å². The minimum Gasteiger partial charge on any atom is -0.493 e. The standard InChI is InChI=1S/C20H26BrNO3/c1-3-24-11-7-10-22-14-17-12-19(23-2)20(13-18(17)21)25-15-16-8-5-4-6-9-16/h4-6,8-9,12-13,22H,3,7,10-11,14-15H2,1-2H3. The van der Waals surface area contributed by atoms with E-state index in [2.05, 4.69) is 21.2 Å². The van der Waals surface area contributed by atoms with Crippen molar-refractivity contribution in [2.24, 2.45) is 0 Å². The first-order chi connectivity index (χ1) is 12.2. The van der Waals surface area contributed by atoms with Crippen LogP contribution < -0.4 is 14.8 Å². The van der Waals surface area contributed by atoms with Crippen LogP contribution in [0.25, 0.3) is 0 Å². The summed E-state index contributed by atoms with van der Waals surface area (Å²) in [5.74, 6) is 1.48. The van der Waals surface area contributed by atoms with Crippen molar-refractivity contribution in [3.63, 3.8) is 0 Å². The van der Waals surface area contributed by atoms with Gasteiger partial charge in [-0.2, -0.15) is 0 Å². The predicted octanol–water partition coefficient (Wildman–Crippen LogP) is 4.55. The lowest BCUT2D eigenvalue weighted by Gasteiger charge is -2.14. The van der Waals surface area contributed by atoms with Crippen molar-refractivity contribution in [1.29, 1.82) is 0 Å². The first kappa shape index (κ1) is 19.8. The largest absolute Gasteiger partial charge is 0.493 e. The van der Waals surface area contributed by atoms with E-state index in [1.807, 2.05) is 49.4 Å². The van der Waals surface area contributed by atoms with E-state index in [0.717, 1.165) is 59.8 Å². The zero-order valence-corrected chi connectivity index (χ0v) is 16.5. The molecule has 2 aromatic rings. The van der Waals surface area contributed by atoms with Crippen LogP contribution in [0.15, 0.2) is 46.9 Å². The number of rotatable bonds is 11. The van der Waals surface area contributed by atoms with Crippen LogP contribution in [0.2, 0.25) is 0 Å². The van der Waals surface area contributed by atoms with Gasteiger partial charge in [-0.05, 0) is 43.1 Å². The Morgan fingerprint density at radius 3 is 2.60 bits per heavy atom. The zero-order chi connectivity index (χ0) is 17.9. The topological polar surface area (TPSA) is 39.7 Å². The van der Waals surface area contributed by atoms with Crippen LogP contribution in [0.3, 0.4) is 0 Å². The van der Waals surface area contributed by atoms with Gasteiger partial charge in [-0.25, -0.2) is 0 Å². The normalized spacial score (nSPS) is 10.7. The van der Waals surface area contributed by atoms with Crippen molar-refractivity contribution in [1.82, 2.24) is 5.32 Å². The molecule has 0 saturated carbocycles. The monoisotopic (exact) mass is 407 g/mol. The molecule has 0 atom stereocenters. The summed E-state index contributed by atoms with van der Waals surface area (Å²) in [6, 6.07) is 14.1. The van der Waals surface area contributed by atoms with Gasteiger partial charge in [-0.15, -0.1) is 0 Å². The molecule has 0 spiro atoms. The van der Waals surface area contributed by atoms with Gasteiger partial charge in [0.25, 0.3) is 0 Å². The molecule has 0 radical (unpaired) electrons. The third kappa shape index (κ3) is 6.69. The Balaban J connectivity index is 1.92. The predicted molar refractivity (Wildman–Crippen MR) is 104 cm³/mol. The second-order valence-corrected chi connectivity index (χ2v) is 6.45. The Morgan fingerprint density at radius 2 is 1.88 bits per heavy atom. The molecule has 136 valence electrons. The lowest BCUT2D eigenvalue weighted by molar-refractivity contribution is 0.144. The fourth-order valence-corrected chi connectivity index (χ4v) is 2.85. The lowest BCUT2D eigenvalue weighted by Crippen LogP contribution is -2.16. The van der Waals surface area contributed by atoms with E-state index in [9.17, 15) is 0 Å². The number of methoxy groups -OCH3 is 1. The van der Waals surface area contributed by atoms with Crippen molar-refractivity contribution in [2.75, 3.05) is 26.9 Å². The van der Waals surface area contributed by atoms with E-state index in [1.165, 1.54) is 0 Å². The van der Waals surface area contributed by atoms with Crippen LogP contribution in [0.5, 0.6) is 11.5 Å². The highest BCUT2D eigenvalue weighted by Gasteiger charge is 2.10. The summed E-state index contributed by atoms with van der Waals surface area (Å²) >= 11 is 3.63.